The average molecular weight is 349 g/mol. The van der Waals surface area contributed by atoms with Gasteiger partial charge in [0, 0.05) is 11.9 Å². The summed E-state index contributed by atoms with van der Waals surface area (Å²) in [5.74, 6) is -0.682. The number of carbonyl (C=O) groups excluding carboxylic acids is 2. The molecule has 0 aromatic carbocycles. The second-order valence-corrected chi connectivity index (χ2v) is 5.47. The predicted molar refractivity (Wildman–Crippen MR) is 85.6 cm³/mol. The number of methoxy groups -OCH3 is 1. The highest BCUT2D eigenvalue weighted by Gasteiger charge is 2.35. The van der Waals surface area contributed by atoms with Crippen molar-refractivity contribution in [2.75, 3.05) is 7.11 Å². The summed E-state index contributed by atoms with van der Waals surface area (Å²) in [6, 6.07) is 3.39. The zero-order valence-electron chi connectivity index (χ0n) is 12.8. The lowest BCUT2D eigenvalue weighted by molar-refractivity contribution is -0.136. The van der Waals surface area contributed by atoms with Gasteiger partial charge in [-0.15, -0.1) is 0 Å². The first-order valence-corrected chi connectivity index (χ1v) is 7.35. The van der Waals surface area contributed by atoms with Crippen molar-refractivity contribution in [3.8, 4) is 0 Å². The Hall–Kier alpha value is -2.87. The highest BCUT2D eigenvalue weighted by atomic mass is 35.5. The third-order valence-corrected chi connectivity index (χ3v) is 3.97. The number of esters is 1. The van der Waals surface area contributed by atoms with Crippen LogP contribution < -0.4 is 16.2 Å². The molecule has 1 aliphatic rings. The number of fused-ring (bicyclic) bond motifs is 1. The van der Waals surface area contributed by atoms with E-state index in [4.69, 9.17) is 16.3 Å². The maximum atomic E-state index is 12.8. The Morgan fingerprint density at radius 1 is 1.38 bits per heavy atom. The monoisotopic (exact) mass is 348 g/mol. The molecule has 0 radical (unpaired) electrons. The Bertz CT molecular complexity index is 950. The van der Waals surface area contributed by atoms with Crippen LogP contribution in [0.1, 0.15) is 18.5 Å². The summed E-state index contributed by atoms with van der Waals surface area (Å²) < 4.78 is 6.05. The minimum Gasteiger partial charge on any atom is -0.466 e. The van der Waals surface area contributed by atoms with Crippen LogP contribution in [0.15, 0.2) is 40.5 Å². The van der Waals surface area contributed by atoms with E-state index < -0.39 is 23.6 Å². The van der Waals surface area contributed by atoms with Crippen LogP contribution >= 0.6 is 11.6 Å². The summed E-state index contributed by atoms with van der Waals surface area (Å²) in [5.41, 5.74) is 0.247. The number of carbonyl (C=O) groups is 2. The predicted octanol–water partition coefficient (Wildman–Crippen LogP) is 1.15. The molecule has 2 aromatic rings. The molecule has 3 heterocycles. The van der Waals surface area contributed by atoms with Crippen LogP contribution in [0.25, 0.3) is 5.65 Å². The maximum absolute atomic E-state index is 12.8. The fourth-order valence-electron chi connectivity index (χ4n) is 2.61. The minimum absolute atomic E-state index is 0.00466. The SMILES string of the molecule is COC(=O)C1=C(C)NC(=O)N[C@H]1c1c(Cl)nc2ccccn2c1=O. The molecule has 2 aromatic heterocycles. The molecule has 0 aliphatic carbocycles. The van der Waals surface area contributed by atoms with Gasteiger partial charge in [0.25, 0.3) is 5.56 Å². The zero-order valence-corrected chi connectivity index (χ0v) is 13.5. The van der Waals surface area contributed by atoms with Gasteiger partial charge in [-0.2, -0.15) is 0 Å². The third-order valence-electron chi connectivity index (χ3n) is 3.69. The second kappa shape index (κ2) is 5.97. The normalized spacial score (nSPS) is 17.5. The molecule has 0 saturated heterocycles. The van der Waals surface area contributed by atoms with Gasteiger partial charge in [-0.3, -0.25) is 9.20 Å². The number of urea groups is 1. The molecule has 8 nitrogen and oxygen atoms in total. The van der Waals surface area contributed by atoms with E-state index in [1.165, 1.54) is 24.6 Å². The Labute approximate surface area is 141 Å². The smallest absolute Gasteiger partial charge is 0.337 e. The van der Waals surface area contributed by atoms with E-state index in [-0.39, 0.29) is 22.0 Å². The molecular formula is C15H13ClN4O4. The van der Waals surface area contributed by atoms with Crippen molar-refractivity contribution >= 4 is 29.2 Å². The van der Waals surface area contributed by atoms with Gasteiger partial charge in [0.05, 0.1) is 24.3 Å². The van der Waals surface area contributed by atoms with Crippen molar-refractivity contribution in [2.24, 2.45) is 0 Å². The number of rotatable bonds is 2. The number of amides is 2. The molecule has 0 fully saturated rings. The summed E-state index contributed by atoms with van der Waals surface area (Å²) in [5, 5.41) is 4.91. The molecule has 1 aliphatic heterocycles. The summed E-state index contributed by atoms with van der Waals surface area (Å²) >= 11 is 6.18. The minimum atomic E-state index is -1.06. The summed E-state index contributed by atoms with van der Waals surface area (Å²) in [6.07, 6.45) is 1.53. The van der Waals surface area contributed by atoms with E-state index in [9.17, 15) is 14.4 Å². The lowest BCUT2D eigenvalue weighted by Gasteiger charge is -2.27. The third kappa shape index (κ3) is 2.50. The second-order valence-electron chi connectivity index (χ2n) is 5.11. The van der Waals surface area contributed by atoms with Crippen molar-refractivity contribution in [3.63, 3.8) is 0 Å². The lowest BCUT2D eigenvalue weighted by atomic mass is 9.97. The van der Waals surface area contributed by atoms with E-state index in [0.29, 0.717) is 5.65 Å². The number of hydrogen-bond acceptors (Lipinski definition) is 5. The van der Waals surface area contributed by atoms with Crippen LogP contribution in [-0.4, -0.2) is 28.5 Å². The van der Waals surface area contributed by atoms with Gasteiger partial charge in [-0.1, -0.05) is 17.7 Å². The molecule has 1 atom stereocenters. The zero-order chi connectivity index (χ0) is 17.4. The standard InChI is InChI=1S/C15H13ClN4O4/c1-7-9(14(22)24-2)11(19-15(23)17-7)10-12(16)18-8-5-3-4-6-20(8)13(10)21/h3-6,11H,1-2H3,(H2,17,19,23)/t11-/m1/s1. The summed E-state index contributed by atoms with van der Waals surface area (Å²) in [6.45, 7) is 1.54. The van der Waals surface area contributed by atoms with Gasteiger partial charge < -0.3 is 15.4 Å². The number of allylic oxidation sites excluding steroid dienone is 1. The first-order chi connectivity index (χ1) is 11.4. The molecule has 9 heteroatoms. The van der Waals surface area contributed by atoms with Gasteiger partial charge >= 0.3 is 12.0 Å². The number of ether oxygens (including phenoxy) is 1. The number of halogens is 1. The van der Waals surface area contributed by atoms with Gasteiger partial charge in [0.1, 0.15) is 10.8 Å². The van der Waals surface area contributed by atoms with Gasteiger partial charge in [-0.05, 0) is 19.1 Å². The van der Waals surface area contributed by atoms with Crippen LogP contribution in [0, 0.1) is 0 Å². The van der Waals surface area contributed by atoms with Gasteiger partial charge in [-0.25, -0.2) is 14.6 Å². The Kier molecular flexibility index (Phi) is 3.98. The number of nitrogens with one attached hydrogen (secondary N) is 2. The van der Waals surface area contributed by atoms with Crippen molar-refractivity contribution in [1.82, 2.24) is 20.0 Å². The number of aromatic nitrogens is 2. The van der Waals surface area contributed by atoms with E-state index in [0.717, 1.165) is 0 Å². The first kappa shape index (κ1) is 16.0. The summed E-state index contributed by atoms with van der Waals surface area (Å²) in [7, 11) is 1.21. The van der Waals surface area contributed by atoms with E-state index in [1.54, 1.807) is 18.2 Å². The number of nitrogens with zero attached hydrogens (tertiary/aromatic N) is 2. The molecule has 24 heavy (non-hydrogen) atoms. The van der Waals surface area contributed by atoms with Crippen molar-refractivity contribution < 1.29 is 14.3 Å². The molecule has 2 N–H and O–H groups in total. The number of hydrogen-bond donors (Lipinski definition) is 2. The quantitative estimate of drug-likeness (QED) is 0.626. The van der Waals surface area contributed by atoms with Crippen LogP contribution in [0.5, 0.6) is 0 Å². The van der Waals surface area contributed by atoms with E-state index in [2.05, 4.69) is 15.6 Å². The van der Waals surface area contributed by atoms with E-state index in [1.807, 2.05) is 0 Å². The van der Waals surface area contributed by atoms with Crippen molar-refractivity contribution in [2.45, 2.75) is 13.0 Å². The van der Waals surface area contributed by atoms with Crippen LogP contribution in [-0.2, 0) is 9.53 Å². The average Bonchev–Trinajstić information content (AvgIpc) is 2.54. The van der Waals surface area contributed by atoms with Crippen LogP contribution in [0.4, 0.5) is 4.79 Å². The van der Waals surface area contributed by atoms with Crippen molar-refractivity contribution in [3.05, 3.63) is 56.7 Å². The molecule has 124 valence electrons. The largest absolute Gasteiger partial charge is 0.466 e. The van der Waals surface area contributed by atoms with Gasteiger partial charge in [0.2, 0.25) is 0 Å². The lowest BCUT2D eigenvalue weighted by Crippen LogP contribution is -2.47. The molecular weight excluding hydrogens is 336 g/mol. The molecule has 0 unspecified atom stereocenters. The first-order valence-electron chi connectivity index (χ1n) is 6.97. The molecule has 0 bridgehead atoms. The molecule has 0 spiro atoms. The fourth-order valence-corrected chi connectivity index (χ4v) is 2.89. The molecule has 3 rings (SSSR count). The summed E-state index contributed by atoms with van der Waals surface area (Å²) in [4.78, 5) is 40.9. The Morgan fingerprint density at radius 2 is 2.12 bits per heavy atom. The van der Waals surface area contributed by atoms with Crippen LogP contribution in [0.2, 0.25) is 5.15 Å². The molecule has 0 saturated carbocycles. The van der Waals surface area contributed by atoms with Crippen LogP contribution in [0.3, 0.4) is 0 Å². The molecule has 2 amide bonds. The highest BCUT2D eigenvalue weighted by molar-refractivity contribution is 6.30. The Morgan fingerprint density at radius 3 is 2.83 bits per heavy atom. The van der Waals surface area contributed by atoms with Crippen molar-refractivity contribution in [1.29, 1.82) is 0 Å². The number of pyridine rings is 1. The Balaban J connectivity index is 2.28. The highest BCUT2D eigenvalue weighted by Crippen LogP contribution is 2.29. The maximum Gasteiger partial charge on any atom is 0.337 e. The topological polar surface area (TPSA) is 102 Å². The fraction of sp³-hybridized carbons (Fsp3) is 0.200. The van der Waals surface area contributed by atoms with Gasteiger partial charge in [0.15, 0.2) is 0 Å². The van der Waals surface area contributed by atoms with E-state index >= 15 is 0 Å².